The summed E-state index contributed by atoms with van der Waals surface area (Å²) in [6, 6.07) is 5.64. The standard InChI is InChI=1S/C16H19FN4O2S2/c1-3-10(2)18-13(22)8-24-9-14-20-21-16(25-14)15(23)19-12-6-4-11(17)5-7-12/h4-7,10H,3,8-9H2,1-2H3,(H,18,22)(H,19,23)/t10-/m1/s1. The van der Waals surface area contributed by atoms with E-state index in [2.05, 4.69) is 20.8 Å². The van der Waals surface area contributed by atoms with Gasteiger partial charge >= 0.3 is 0 Å². The first-order chi connectivity index (χ1) is 12.0. The molecular weight excluding hydrogens is 363 g/mol. The monoisotopic (exact) mass is 382 g/mol. The van der Waals surface area contributed by atoms with Gasteiger partial charge in [0.1, 0.15) is 10.8 Å². The fourth-order valence-electron chi connectivity index (χ4n) is 1.77. The highest BCUT2D eigenvalue weighted by Crippen LogP contribution is 2.18. The Labute approximate surface area is 153 Å². The normalized spacial score (nSPS) is 11.8. The van der Waals surface area contributed by atoms with E-state index in [1.54, 1.807) is 0 Å². The molecule has 0 bridgehead atoms. The van der Waals surface area contributed by atoms with Crippen LogP contribution in [-0.2, 0) is 10.5 Å². The van der Waals surface area contributed by atoms with Gasteiger partial charge in [-0.05, 0) is 37.6 Å². The van der Waals surface area contributed by atoms with Gasteiger partial charge in [-0.15, -0.1) is 22.0 Å². The lowest BCUT2D eigenvalue weighted by Gasteiger charge is -2.10. The molecule has 1 heterocycles. The van der Waals surface area contributed by atoms with Crippen molar-refractivity contribution in [1.29, 1.82) is 0 Å². The number of halogens is 1. The smallest absolute Gasteiger partial charge is 0.286 e. The van der Waals surface area contributed by atoms with Crippen molar-refractivity contribution in [2.45, 2.75) is 32.1 Å². The Morgan fingerprint density at radius 2 is 2.00 bits per heavy atom. The molecule has 0 aliphatic carbocycles. The number of rotatable bonds is 8. The number of carbonyl (C=O) groups is 2. The van der Waals surface area contributed by atoms with E-state index in [1.807, 2.05) is 13.8 Å². The second-order valence-electron chi connectivity index (χ2n) is 5.33. The number of nitrogens with one attached hydrogen (secondary N) is 2. The summed E-state index contributed by atoms with van der Waals surface area (Å²) >= 11 is 2.59. The number of amides is 2. The zero-order valence-electron chi connectivity index (χ0n) is 13.9. The number of benzene rings is 1. The Kier molecular flexibility index (Phi) is 7.32. The molecule has 0 aliphatic heterocycles. The largest absolute Gasteiger partial charge is 0.353 e. The summed E-state index contributed by atoms with van der Waals surface area (Å²) in [5, 5.41) is 14.2. The van der Waals surface area contributed by atoms with Crippen molar-refractivity contribution in [1.82, 2.24) is 15.5 Å². The molecular formula is C16H19FN4O2S2. The molecule has 6 nitrogen and oxygen atoms in total. The van der Waals surface area contributed by atoms with E-state index >= 15 is 0 Å². The Hall–Kier alpha value is -2.00. The number of carbonyl (C=O) groups excluding carboxylic acids is 2. The summed E-state index contributed by atoms with van der Waals surface area (Å²) in [7, 11) is 0. The van der Waals surface area contributed by atoms with Crippen LogP contribution in [0, 0.1) is 5.82 Å². The van der Waals surface area contributed by atoms with Crippen LogP contribution in [0.1, 0.15) is 35.1 Å². The van der Waals surface area contributed by atoms with Crippen molar-refractivity contribution in [2.24, 2.45) is 0 Å². The van der Waals surface area contributed by atoms with Crippen molar-refractivity contribution in [3.8, 4) is 0 Å². The van der Waals surface area contributed by atoms with E-state index in [4.69, 9.17) is 0 Å². The van der Waals surface area contributed by atoms with E-state index < -0.39 is 5.91 Å². The number of nitrogens with zero attached hydrogens (tertiary/aromatic N) is 2. The van der Waals surface area contributed by atoms with Crippen molar-refractivity contribution >= 4 is 40.6 Å². The van der Waals surface area contributed by atoms with Crippen LogP contribution in [0.5, 0.6) is 0 Å². The maximum absolute atomic E-state index is 12.9. The molecule has 1 aromatic heterocycles. The number of aromatic nitrogens is 2. The van der Waals surface area contributed by atoms with Crippen LogP contribution >= 0.6 is 23.1 Å². The minimum atomic E-state index is -0.394. The Balaban J connectivity index is 1.80. The van der Waals surface area contributed by atoms with Crippen LogP contribution in [0.3, 0.4) is 0 Å². The average Bonchev–Trinajstić information content (AvgIpc) is 3.06. The first kappa shape index (κ1) is 19.3. The SMILES string of the molecule is CC[C@@H](C)NC(=O)CSCc1nnc(C(=O)Nc2ccc(F)cc2)s1. The molecule has 0 saturated carbocycles. The van der Waals surface area contributed by atoms with Gasteiger partial charge in [0.15, 0.2) is 0 Å². The van der Waals surface area contributed by atoms with Crippen LogP contribution in [0.25, 0.3) is 0 Å². The van der Waals surface area contributed by atoms with Gasteiger partial charge in [-0.3, -0.25) is 9.59 Å². The Morgan fingerprint density at radius 3 is 2.68 bits per heavy atom. The van der Waals surface area contributed by atoms with Gasteiger partial charge in [-0.2, -0.15) is 0 Å². The summed E-state index contributed by atoms with van der Waals surface area (Å²) in [4.78, 5) is 23.8. The fourth-order valence-corrected chi connectivity index (χ4v) is 3.39. The summed E-state index contributed by atoms with van der Waals surface area (Å²) in [6.07, 6.45) is 0.888. The van der Waals surface area contributed by atoms with Gasteiger partial charge in [0, 0.05) is 17.5 Å². The second-order valence-corrected chi connectivity index (χ2v) is 7.38. The summed E-state index contributed by atoms with van der Waals surface area (Å²) in [6.45, 7) is 3.97. The molecule has 25 heavy (non-hydrogen) atoms. The minimum Gasteiger partial charge on any atom is -0.353 e. The first-order valence-electron chi connectivity index (χ1n) is 7.74. The summed E-state index contributed by atoms with van der Waals surface area (Å²) in [5.41, 5.74) is 0.485. The fraction of sp³-hybridized carbons (Fsp3) is 0.375. The third-order valence-electron chi connectivity index (χ3n) is 3.24. The molecule has 9 heteroatoms. The lowest BCUT2D eigenvalue weighted by Crippen LogP contribution is -2.33. The van der Waals surface area contributed by atoms with E-state index in [1.165, 1.54) is 47.4 Å². The van der Waals surface area contributed by atoms with Crippen molar-refractivity contribution in [2.75, 3.05) is 11.1 Å². The molecule has 0 aliphatic rings. The number of thioether (sulfide) groups is 1. The Morgan fingerprint density at radius 1 is 1.28 bits per heavy atom. The third kappa shape index (κ3) is 6.43. The van der Waals surface area contributed by atoms with Crippen molar-refractivity contribution in [3.63, 3.8) is 0 Å². The van der Waals surface area contributed by atoms with Crippen LogP contribution < -0.4 is 10.6 Å². The van der Waals surface area contributed by atoms with E-state index in [9.17, 15) is 14.0 Å². The minimum absolute atomic E-state index is 0.0156. The highest BCUT2D eigenvalue weighted by molar-refractivity contribution is 7.99. The number of hydrogen-bond donors (Lipinski definition) is 2. The second kappa shape index (κ2) is 9.47. The molecule has 0 saturated heterocycles. The summed E-state index contributed by atoms with van der Waals surface area (Å²) in [5.74, 6) is 0.0646. The van der Waals surface area contributed by atoms with Gasteiger partial charge in [-0.25, -0.2) is 4.39 Å². The Bertz CT molecular complexity index is 721. The molecule has 2 rings (SSSR count). The highest BCUT2D eigenvalue weighted by Gasteiger charge is 2.14. The van der Waals surface area contributed by atoms with Crippen molar-refractivity contribution < 1.29 is 14.0 Å². The quantitative estimate of drug-likeness (QED) is 0.733. The van der Waals surface area contributed by atoms with E-state index in [-0.39, 0.29) is 22.8 Å². The first-order valence-corrected chi connectivity index (χ1v) is 9.71. The summed E-state index contributed by atoms with van der Waals surface area (Å²) < 4.78 is 12.9. The van der Waals surface area contributed by atoms with Gasteiger partial charge < -0.3 is 10.6 Å². The molecule has 2 amide bonds. The molecule has 0 spiro atoms. The molecule has 0 fully saturated rings. The molecule has 1 atom stereocenters. The van der Waals surface area contributed by atoms with Crippen LogP contribution in [0.15, 0.2) is 24.3 Å². The van der Waals surface area contributed by atoms with Crippen LogP contribution in [0.2, 0.25) is 0 Å². The number of hydrogen-bond acceptors (Lipinski definition) is 6. The zero-order valence-corrected chi connectivity index (χ0v) is 15.5. The van der Waals surface area contributed by atoms with Gasteiger partial charge in [0.2, 0.25) is 10.9 Å². The maximum atomic E-state index is 12.9. The highest BCUT2D eigenvalue weighted by atomic mass is 32.2. The van der Waals surface area contributed by atoms with Gasteiger partial charge in [0.05, 0.1) is 5.75 Å². The number of anilines is 1. The molecule has 2 aromatic rings. The van der Waals surface area contributed by atoms with Crippen LogP contribution in [-0.4, -0.2) is 33.8 Å². The van der Waals surface area contributed by atoms with Gasteiger partial charge in [0.25, 0.3) is 5.91 Å². The predicted octanol–water partition coefficient (Wildman–Crippen LogP) is 3.08. The van der Waals surface area contributed by atoms with E-state index in [0.717, 1.165) is 6.42 Å². The maximum Gasteiger partial charge on any atom is 0.286 e. The lowest BCUT2D eigenvalue weighted by molar-refractivity contribution is -0.119. The topological polar surface area (TPSA) is 84.0 Å². The van der Waals surface area contributed by atoms with E-state index in [0.29, 0.717) is 22.2 Å². The molecule has 1 aromatic carbocycles. The molecule has 2 N–H and O–H groups in total. The molecule has 0 radical (unpaired) electrons. The average molecular weight is 382 g/mol. The molecule has 0 unspecified atom stereocenters. The predicted molar refractivity (Wildman–Crippen MR) is 98.3 cm³/mol. The van der Waals surface area contributed by atoms with Crippen LogP contribution in [0.4, 0.5) is 10.1 Å². The zero-order chi connectivity index (χ0) is 18.2. The molecule has 134 valence electrons. The van der Waals surface area contributed by atoms with Gasteiger partial charge in [-0.1, -0.05) is 18.3 Å². The third-order valence-corrected chi connectivity index (χ3v) is 5.29. The lowest BCUT2D eigenvalue weighted by atomic mass is 10.3. The van der Waals surface area contributed by atoms with Crippen molar-refractivity contribution in [3.05, 3.63) is 40.1 Å².